The lowest BCUT2D eigenvalue weighted by molar-refractivity contribution is -0.118. The second-order valence-electron chi connectivity index (χ2n) is 4.88. The van der Waals surface area contributed by atoms with Gasteiger partial charge in [0.2, 0.25) is 11.9 Å². The highest BCUT2D eigenvalue weighted by Crippen LogP contribution is 2.35. The van der Waals surface area contributed by atoms with Crippen molar-refractivity contribution >= 4 is 34.6 Å². The number of nitrogens with one attached hydrogen (secondary N) is 2. The SMILES string of the molecule is O=C(Nc1nc(Cl)c2[nH]cnc2n1)C1Cc2ccccc21. The molecule has 1 aliphatic carbocycles. The van der Waals surface area contributed by atoms with Crippen molar-refractivity contribution in [3.8, 4) is 0 Å². The zero-order chi connectivity index (χ0) is 14.4. The first-order valence-electron chi connectivity index (χ1n) is 6.47. The van der Waals surface area contributed by atoms with E-state index in [0.717, 1.165) is 12.0 Å². The highest BCUT2D eigenvalue weighted by Gasteiger charge is 2.32. The summed E-state index contributed by atoms with van der Waals surface area (Å²) in [5.41, 5.74) is 3.25. The van der Waals surface area contributed by atoms with E-state index in [9.17, 15) is 4.79 Å². The lowest BCUT2D eigenvalue weighted by Crippen LogP contribution is -2.30. The molecule has 2 aromatic heterocycles. The molecule has 2 heterocycles. The maximum atomic E-state index is 12.3. The van der Waals surface area contributed by atoms with Crippen LogP contribution in [0, 0.1) is 0 Å². The lowest BCUT2D eigenvalue weighted by atomic mass is 9.77. The number of nitrogens with zero attached hydrogens (tertiary/aromatic N) is 3. The van der Waals surface area contributed by atoms with Crippen LogP contribution in [0.2, 0.25) is 5.15 Å². The predicted octanol–water partition coefficient (Wildman–Crippen LogP) is 2.28. The van der Waals surface area contributed by atoms with Gasteiger partial charge in [0.15, 0.2) is 10.8 Å². The maximum Gasteiger partial charge on any atom is 0.234 e. The summed E-state index contributed by atoms with van der Waals surface area (Å²) in [5.74, 6) is -0.105. The van der Waals surface area contributed by atoms with Gasteiger partial charge in [0.05, 0.1) is 12.2 Å². The van der Waals surface area contributed by atoms with Gasteiger partial charge in [-0.05, 0) is 17.5 Å². The summed E-state index contributed by atoms with van der Waals surface area (Å²) in [5, 5.41) is 2.95. The third-order valence-electron chi connectivity index (χ3n) is 3.65. The molecule has 0 spiro atoms. The standard InChI is InChI=1S/C14H10ClN5O/c15-11-10-12(17-6-16-10)19-14(18-11)20-13(21)9-5-7-3-1-2-4-8(7)9/h1-4,6,9H,5H2,(H2,16,17,18,19,20,21). The minimum atomic E-state index is -0.154. The second-order valence-corrected chi connectivity index (χ2v) is 5.24. The molecule has 4 rings (SSSR count). The first-order valence-corrected chi connectivity index (χ1v) is 6.85. The Bertz CT molecular complexity index is 859. The molecule has 1 aromatic carbocycles. The number of hydrogen-bond donors (Lipinski definition) is 2. The number of carbonyl (C=O) groups excluding carboxylic acids is 1. The van der Waals surface area contributed by atoms with Gasteiger partial charge in [0, 0.05) is 0 Å². The van der Waals surface area contributed by atoms with Gasteiger partial charge in [-0.25, -0.2) is 4.98 Å². The number of fused-ring (bicyclic) bond motifs is 2. The Balaban J connectivity index is 1.59. The summed E-state index contributed by atoms with van der Waals surface area (Å²) < 4.78 is 0. The highest BCUT2D eigenvalue weighted by molar-refractivity contribution is 6.33. The number of aromatic amines is 1. The number of anilines is 1. The smallest absolute Gasteiger partial charge is 0.234 e. The maximum absolute atomic E-state index is 12.3. The van der Waals surface area contributed by atoms with Crippen LogP contribution in [0.3, 0.4) is 0 Å². The molecule has 0 aliphatic heterocycles. The lowest BCUT2D eigenvalue weighted by Gasteiger charge is -2.28. The van der Waals surface area contributed by atoms with Crippen LogP contribution in [-0.2, 0) is 11.2 Å². The van der Waals surface area contributed by atoms with Gasteiger partial charge < -0.3 is 4.98 Å². The summed E-state index contributed by atoms with van der Waals surface area (Å²) in [6.45, 7) is 0. The molecule has 7 heteroatoms. The molecule has 1 aliphatic rings. The first-order chi connectivity index (χ1) is 10.2. The van der Waals surface area contributed by atoms with Gasteiger partial charge in [0.25, 0.3) is 0 Å². The van der Waals surface area contributed by atoms with Crippen LogP contribution in [0.1, 0.15) is 17.0 Å². The number of carbonyl (C=O) groups is 1. The van der Waals surface area contributed by atoms with Crippen molar-refractivity contribution in [2.24, 2.45) is 0 Å². The van der Waals surface area contributed by atoms with Crippen molar-refractivity contribution in [1.82, 2.24) is 19.9 Å². The van der Waals surface area contributed by atoms with Crippen LogP contribution in [0.4, 0.5) is 5.95 Å². The number of benzene rings is 1. The fourth-order valence-electron chi connectivity index (χ4n) is 2.54. The van der Waals surface area contributed by atoms with E-state index in [4.69, 9.17) is 11.6 Å². The van der Waals surface area contributed by atoms with Crippen molar-refractivity contribution in [3.05, 3.63) is 46.9 Å². The Morgan fingerprint density at radius 3 is 3.05 bits per heavy atom. The Morgan fingerprint density at radius 1 is 1.33 bits per heavy atom. The number of hydrogen-bond acceptors (Lipinski definition) is 4. The van der Waals surface area contributed by atoms with Crippen molar-refractivity contribution < 1.29 is 4.79 Å². The highest BCUT2D eigenvalue weighted by atomic mass is 35.5. The molecule has 6 nitrogen and oxygen atoms in total. The van der Waals surface area contributed by atoms with Crippen LogP contribution >= 0.6 is 11.6 Å². The average Bonchev–Trinajstić information content (AvgIpc) is 2.89. The minimum absolute atomic E-state index is 0.125. The average molecular weight is 300 g/mol. The minimum Gasteiger partial charge on any atom is -0.341 e. The fraction of sp³-hybridized carbons (Fsp3) is 0.143. The zero-order valence-corrected chi connectivity index (χ0v) is 11.6. The number of H-pyrrole nitrogens is 1. The molecule has 2 N–H and O–H groups in total. The van der Waals surface area contributed by atoms with E-state index in [2.05, 4.69) is 25.3 Å². The number of amides is 1. The van der Waals surface area contributed by atoms with Gasteiger partial charge in [0.1, 0.15) is 5.52 Å². The van der Waals surface area contributed by atoms with E-state index in [-0.39, 0.29) is 22.9 Å². The molecule has 0 radical (unpaired) electrons. The molecule has 0 saturated heterocycles. The largest absolute Gasteiger partial charge is 0.341 e. The number of aromatic nitrogens is 4. The van der Waals surface area contributed by atoms with Crippen LogP contribution in [0.15, 0.2) is 30.6 Å². The number of imidazole rings is 1. The molecule has 3 aromatic rings. The number of rotatable bonds is 2. The summed E-state index contributed by atoms with van der Waals surface area (Å²) >= 11 is 6.02. The van der Waals surface area contributed by atoms with E-state index in [0.29, 0.717) is 11.2 Å². The summed E-state index contributed by atoms with van der Waals surface area (Å²) in [6, 6.07) is 7.90. The van der Waals surface area contributed by atoms with E-state index < -0.39 is 0 Å². The van der Waals surface area contributed by atoms with Crippen molar-refractivity contribution in [3.63, 3.8) is 0 Å². The van der Waals surface area contributed by atoms with Crippen LogP contribution < -0.4 is 5.32 Å². The molecular formula is C14H10ClN5O. The first kappa shape index (κ1) is 12.3. The molecule has 1 atom stereocenters. The van der Waals surface area contributed by atoms with Gasteiger partial charge in [-0.1, -0.05) is 35.9 Å². The van der Waals surface area contributed by atoms with Gasteiger partial charge >= 0.3 is 0 Å². The van der Waals surface area contributed by atoms with E-state index in [1.807, 2.05) is 24.3 Å². The molecule has 0 saturated carbocycles. The second kappa shape index (κ2) is 4.53. The van der Waals surface area contributed by atoms with Gasteiger partial charge in [-0.2, -0.15) is 9.97 Å². The van der Waals surface area contributed by atoms with E-state index in [1.54, 1.807) is 0 Å². The van der Waals surface area contributed by atoms with Crippen molar-refractivity contribution in [2.45, 2.75) is 12.3 Å². The Hall–Kier alpha value is -2.47. The van der Waals surface area contributed by atoms with Crippen molar-refractivity contribution in [2.75, 3.05) is 5.32 Å². The Kier molecular flexibility index (Phi) is 2.65. The third kappa shape index (κ3) is 1.95. The van der Waals surface area contributed by atoms with Crippen LogP contribution in [0.25, 0.3) is 11.2 Å². The van der Waals surface area contributed by atoms with E-state index in [1.165, 1.54) is 11.9 Å². The predicted molar refractivity (Wildman–Crippen MR) is 78.2 cm³/mol. The summed E-state index contributed by atoms with van der Waals surface area (Å²) in [4.78, 5) is 27.4. The van der Waals surface area contributed by atoms with Crippen molar-refractivity contribution in [1.29, 1.82) is 0 Å². The zero-order valence-electron chi connectivity index (χ0n) is 10.8. The Labute approximate surface area is 124 Å². The summed E-state index contributed by atoms with van der Waals surface area (Å²) in [7, 11) is 0. The molecule has 104 valence electrons. The van der Waals surface area contributed by atoms with Crippen LogP contribution in [-0.4, -0.2) is 25.8 Å². The Morgan fingerprint density at radius 2 is 2.19 bits per heavy atom. The quantitative estimate of drug-likeness (QED) is 0.711. The van der Waals surface area contributed by atoms with Gasteiger partial charge in [-0.15, -0.1) is 0 Å². The number of halogens is 1. The van der Waals surface area contributed by atoms with Gasteiger partial charge in [-0.3, -0.25) is 10.1 Å². The normalized spacial score (nSPS) is 16.3. The third-order valence-corrected chi connectivity index (χ3v) is 3.92. The monoisotopic (exact) mass is 299 g/mol. The molecule has 21 heavy (non-hydrogen) atoms. The molecular weight excluding hydrogens is 290 g/mol. The van der Waals surface area contributed by atoms with Crippen LogP contribution in [0.5, 0.6) is 0 Å². The topological polar surface area (TPSA) is 83.6 Å². The molecule has 0 bridgehead atoms. The van der Waals surface area contributed by atoms with E-state index >= 15 is 0 Å². The summed E-state index contributed by atoms with van der Waals surface area (Å²) in [6.07, 6.45) is 2.22. The molecule has 0 fully saturated rings. The molecule has 1 amide bonds. The molecule has 1 unspecified atom stereocenters. The fourth-order valence-corrected chi connectivity index (χ4v) is 2.76.